The molecule has 0 atom stereocenters. The summed E-state index contributed by atoms with van der Waals surface area (Å²) in [6, 6.07) is 0. The highest BCUT2D eigenvalue weighted by Crippen LogP contribution is 2.39. The lowest BCUT2D eigenvalue weighted by molar-refractivity contribution is -0.131. The molecule has 2 saturated heterocycles. The Morgan fingerprint density at radius 1 is 1.41 bits per heavy atom. The van der Waals surface area contributed by atoms with E-state index in [-0.39, 0.29) is 17.4 Å². The van der Waals surface area contributed by atoms with Crippen molar-refractivity contribution >= 4 is 12.0 Å². The van der Waals surface area contributed by atoms with Gasteiger partial charge in [-0.2, -0.15) is 0 Å². The Morgan fingerprint density at radius 2 is 2.06 bits per heavy atom. The molecule has 17 heavy (non-hydrogen) atoms. The zero-order valence-corrected chi connectivity index (χ0v) is 10.7. The predicted octanol–water partition coefficient (Wildman–Crippen LogP) is 1.13. The monoisotopic (exact) mass is 240 g/mol. The van der Waals surface area contributed by atoms with Gasteiger partial charge in [0.15, 0.2) is 0 Å². The van der Waals surface area contributed by atoms with Crippen molar-refractivity contribution in [1.82, 2.24) is 10.2 Å². The highest BCUT2D eigenvalue weighted by atomic mass is 16.6. The molecule has 0 radical (unpaired) electrons. The number of nitrogens with zero attached hydrogens (tertiary/aromatic N) is 1. The lowest BCUT2D eigenvalue weighted by atomic mass is 9.72. The van der Waals surface area contributed by atoms with Crippen LogP contribution in [0.5, 0.6) is 0 Å². The first-order chi connectivity index (χ1) is 7.80. The molecule has 1 N–H and O–H groups in total. The maximum atomic E-state index is 11.8. The highest BCUT2D eigenvalue weighted by Gasteiger charge is 2.48. The van der Waals surface area contributed by atoms with Crippen LogP contribution in [0.25, 0.3) is 0 Å². The molecule has 0 saturated carbocycles. The van der Waals surface area contributed by atoms with Gasteiger partial charge in [0.1, 0.15) is 5.60 Å². The number of amides is 2. The van der Waals surface area contributed by atoms with Gasteiger partial charge in [0, 0.05) is 31.5 Å². The molecule has 0 aromatic carbocycles. The van der Waals surface area contributed by atoms with Crippen LogP contribution in [0.1, 0.15) is 33.6 Å². The molecule has 5 heteroatoms. The molecular formula is C12H20N2O3. The van der Waals surface area contributed by atoms with Crippen LogP contribution < -0.4 is 5.32 Å². The van der Waals surface area contributed by atoms with E-state index in [4.69, 9.17) is 4.74 Å². The molecule has 0 unspecified atom stereocenters. The largest absolute Gasteiger partial charge is 0.444 e. The first-order valence-electron chi connectivity index (χ1n) is 6.04. The van der Waals surface area contributed by atoms with Crippen LogP contribution in [0.4, 0.5) is 4.79 Å². The van der Waals surface area contributed by atoms with E-state index in [0.717, 1.165) is 13.0 Å². The zero-order chi connectivity index (χ0) is 12.7. The Kier molecular flexibility index (Phi) is 2.79. The van der Waals surface area contributed by atoms with E-state index in [2.05, 4.69) is 5.32 Å². The van der Waals surface area contributed by atoms with Gasteiger partial charge < -0.3 is 15.0 Å². The van der Waals surface area contributed by atoms with Crippen LogP contribution >= 0.6 is 0 Å². The zero-order valence-electron chi connectivity index (χ0n) is 10.7. The number of carbonyl (C=O) groups excluding carboxylic acids is 2. The number of nitrogens with one attached hydrogen (secondary N) is 1. The van der Waals surface area contributed by atoms with Gasteiger partial charge >= 0.3 is 6.09 Å². The fraction of sp³-hybridized carbons (Fsp3) is 0.833. The van der Waals surface area contributed by atoms with Crippen molar-refractivity contribution < 1.29 is 14.3 Å². The average molecular weight is 240 g/mol. The summed E-state index contributed by atoms with van der Waals surface area (Å²) in [6.07, 6.45) is 1.22. The quantitative estimate of drug-likeness (QED) is 0.690. The normalized spacial score (nSPS) is 23.0. The van der Waals surface area contributed by atoms with Gasteiger partial charge in [-0.3, -0.25) is 4.79 Å². The van der Waals surface area contributed by atoms with Gasteiger partial charge in [0.05, 0.1) is 0 Å². The highest BCUT2D eigenvalue weighted by molar-refractivity contribution is 5.78. The number of likely N-dealkylation sites (tertiary alicyclic amines) is 1. The molecule has 0 aromatic heterocycles. The van der Waals surface area contributed by atoms with Crippen molar-refractivity contribution in [3.63, 3.8) is 0 Å². The molecule has 2 fully saturated rings. The third-order valence-corrected chi connectivity index (χ3v) is 3.22. The summed E-state index contributed by atoms with van der Waals surface area (Å²) in [5.74, 6) is 0.0973. The number of hydrogen-bond acceptors (Lipinski definition) is 3. The summed E-state index contributed by atoms with van der Waals surface area (Å²) >= 11 is 0. The van der Waals surface area contributed by atoms with Gasteiger partial charge in [-0.05, 0) is 27.2 Å². The second-order valence-electron chi connectivity index (χ2n) is 6.11. The minimum atomic E-state index is -0.455. The van der Waals surface area contributed by atoms with Crippen LogP contribution in [0.15, 0.2) is 0 Å². The molecule has 2 aliphatic rings. The van der Waals surface area contributed by atoms with Crippen molar-refractivity contribution in [2.75, 3.05) is 19.6 Å². The van der Waals surface area contributed by atoms with Gasteiger partial charge in [-0.1, -0.05) is 0 Å². The standard InChI is InChI=1S/C12H20N2O3/c1-11(2,3)17-10(16)14-7-12(8-14)4-5-13-9(15)6-12/h4-8H2,1-3H3,(H,13,15). The van der Waals surface area contributed by atoms with E-state index in [1.807, 2.05) is 20.8 Å². The topological polar surface area (TPSA) is 58.6 Å². The minimum Gasteiger partial charge on any atom is -0.444 e. The van der Waals surface area contributed by atoms with Crippen molar-refractivity contribution in [2.45, 2.75) is 39.2 Å². The Hall–Kier alpha value is -1.26. The van der Waals surface area contributed by atoms with Crippen LogP contribution in [-0.4, -0.2) is 42.1 Å². The van der Waals surface area contributed by atoms with Crippen LogP contribution in [0.2, 0.25) is 0 Å². The molecular weight excluding hydrogens is 220 g/mol. The van der Waals surface area contributed by atoms with Gasteiger partial charge in [0.2, 0.25) is 5.91 Å². The number of piperidine rings is 1. The smallest absolute Gasteiger partial charge is 0.410 e. The molecule has 5 nitrogen and oxygen atoms in total. The molecule has 1 spiro atoms. The van der Waals surface area contributed by atoms with Gasteiger partial charge in [-0.25, -0.2) is 4.79 Å². The summed E-state index contributed by atoms with van der Waals surface area (Å²) in [7, 11) is 0. The third-order valence-electron chi connectivity index (χ3n) is 3.22. The molecule has 2 aliphatic heterocycles. The molecule has 2 heterocycles. The van der Waals surface area contributed by atoms with Crippen molar-refractivity contribution in [1.29, 1.82) is 0 Å². The first kappa shape index (κ1) is 12.2. The maximum absolute atomic E-state index is 11.8. The second kappa shape index (κ2) is 3.89. The Balaban J connectivity index is 1.85. The van der Waals surface area contributed by atoms with Crippen molar-refractivity contribution in [3.05, 3.63) is 0 Å². The fourth-order valence-electron chi connectivity index (χ4n) is 2.45. The summed E-state index contributed by atoms with van der Waals surface area (Å²) in [5, 5.41) is 2.81. The van der Waals surface area contributed by atoms with Gasteiger partial charge in [-0.15, -0.1) is 0 Å². The lowest BCUT2D eigenvalue weighted by Crippen LogP contribution is -2.63. The molecule has 0 aromatic rings. The summed E-state index contributed by atoms with van der Waals surface area (Å²) in [4.78, 5) is 24.8. The molecule has 0 bridgehead atoms. The third kappa shape index (κ3) is 2.70. The number of carbonyl (C=O) groups is 2. The summed E-state index contributed by atoms with van der Waals surface area (Å²) in [5.41, 5.74) is -0.441. The molecule has 2 amide bonds. The average Bonchev–Trinajstić information content (AvgIpc) is 2.10. The van der Waals surface area contributed by atoms with Crippen molar-refractivity contribution in [2.24, 2.45) is 5.41 Å². The number of rotatable bonds is 0. The molecule has 96 valence electrons. The first-order valence-corrected chi connectivity index (χ1v) is 6.04. The SMILES string of the molecule is CC(C)(C)OC(=O)N1CC2(CCNC(=O)C2)C1. The Labute approximate surface area is 101 Å². The van der Waals surface area contributed by atoms with Crippen molar-refractivity contribution in [3.8, 4) is 0 Å². The second-order valence-corrected chi connectivity index (χ2v) is 6.11. The van der Waals surface area contributed by atoms with E-state index in [0.29, 0.717) is 19.5 Å². The van der Waals surface area contributed by atoms with E-state index in [9.17, 15) is 9.59 Å². The number of ether oxygens (including phenoxy) is 1. The maximum Gasteiger partial charge on any atom is 0.410 e. The summed E-state index contributed by atoms with van der Waals surface area (Å²) in [6.45, 7) is 7.59. The lowest BCUT2D eigenvalue weighted by Gasteiger charge is -2.51. The van der Waals surface area contributed by atoms with Crippen LogP contribution in [0, 0.1) is 5.41 Å². The van der Waals surface area contributed by atoms with E-state index in [1.165, 1.54) is 0 Å². The van der Waals surface area contributed by atoms with E-state index in [1.54, 1.807) is 4.90 Å². The number of hydrogen-bond donors (Lipinski definition) is 1. The fourth-order valence-corrected chi connectivity index (χ4v) is 2.45. The Bertz CT molecular complexity index is 340. The predicted molar refractivity (Wildman–Crippen MR) is 62.5 cm³/mol. The van der Waals surface area contributed by atoms with E-state index < -0.39 is 5.60 Å². The van der Waals surface area contributed by atoms with Crippen LogP contribution in [-0.2, 0) is 9.53 Å². The van der Waals surface area contributed by atoms with Gasteiger partial charge in [0.25, 0.3) is 0 Å². The van der Waals surface area contributed by atoms with Crippen LogP contribution in [0.3, 0.4) is 0 Å². The Morgan fingerprint density at radius 3 is 2.59 bits per heavy atom. The molecule has 0 aliphatic carbocycles. The summed E-state index contributed by atoms with van der Waals surface area (Å²) < 4.78 is 5.29. The minimum absolute atomic E-state index is 0.0131. The molecule has 2 rings (SSSR count). The van der Waals surface area contributed by atoms with E-state index >= 15 is 0 Å².